The van der Waals surface area contributed by atoms with Crippen LogP contribution < -0.4 is 5.32 Å². The van der Waals surface area contributed by atoms with Gasteiger partial charge in [0.25, 0.3) is 5.91 Å². The van der Waals surface area contributed by atoms with Crippen LogP contribution in [0.2, 0.25) is 0 Å². The number of benzene rings is 2. The highest BCUT2D eigenvalue weighted by atomic mass is 32.1. The first-order chi connectivity index (χ1) is 21.3. The number of rotatable bonds is 11. The molecule has 1 saturated carbocycles. The average molecular weight is 615 g/mol. The molecular weight excluding hydrogens is 568 g/mol. The molecule has 3 atom stereocenters. The summed E-state index contributed by atoms with van der Waals surface area (Å²) in [5, 5.41) is 18.2. The molecule has 1 amide bonds. The molecule has 234 valence electrons. The second kappa shape index (κ2) is 14.7. The number of hydrogen-bond acceptors (Lipinski definition) is 7. The molecule has 8 heteroatoms. The SMILES string of the molecule is C/C(=C(\N=C/CC1CCCC[C@]1(O)COC(C)(C)c1nccs1)C(=O)N1CCNC[C@H]1Cc1ccccc1)c1ccccc1. The second-order valence-corrected chi connectivity index (χ2v) is 13.5. The van der Waals surface area contributed by atoms with Gasteiger partial charge in [0.2, 0.25) is 0 Å². The number of carbonyl (C=O) groups excluding carboxylic acids is 1. The summed E-state index contributed by atoms with van der Waals surface area (Å²) < 4.78 is 6.33. The fraction of sp³-hybridized carbons (Fsp3) is 0.472. The second-order valence-electron chi connectivity index (χ2n) is 12.6. The zero-order valence-corrected chi connectivity index (χ0v) is 27.1. The maximum Gasteiger partial charge on any atom is 0.273 e. The van der Waals surface area contributed by atoms with Crippen LogP contribution in [0, 0.1) is 5.92 Å². The number of nitrogens with zero attached hydrogens (tertiary/aromatic N) is 3. The predicted molar refractivity (Wildman–Crippen MR) is 179 cm³/mol. The molecular formula is C36H46N4O3S. The molecule has 0 radical (unpaired) electrons. The predicted octanol–water partition coefficient (Wildman–Crippen LogP) is 6.25. The van der Waals surface area contributed by atoms with Crippen molar-refractivity contribution in [2.24, 2.45) is 10.9 Å². The van der Waals surface area contributed by atoms with Crippen LogP contribution in [0.5, 0.6) is 0 Å². The number of allylic oxidation sites excluding steroid dienone is 1. The van der Waals surface area contributed by atoms with Gasteiger partial charge in [-0.15, -0.1) is 11.3 Å². The lowest BCUT2D eigenvalue weighted by Crippen LogP contribution is -2.54. The zero-order valence-electron chi connectivity index (χ0n) is 26.2. The van der Waals surface area contributed by atoms with Crippen LogP contribution in [0.1, 0.15) is 69.0 Å². The van der Waals surface area contributed by atoms with Gasteiger partial charge < -0.3 is 20.1 Å². The zero-order chi connectivity index (χ0) is 31.0. The molecule has 2 aromatic carbocycles. The lowest BCUT2D eigenvalue weighted by molar-refractivity contribution is -0.145. The van der Waals surface area contributed by atoms with Gasteiger partial charge in [0, 0.05) is 43.5 Å². The number of piperazine rings is 1. The Morgan fingerprint density at radius 3 is 2.66 bits per heavy atom. The molecule has 2 heterocycles. The third-order valence-electron chi connectivity index (χ3n) is 9.10. The van der Waals surface area contributed by atoms with Crippen molar-refractivity contribution in [1.82, 2.24) is 15.2 Å². The summed E-state index contributed by atoms with van der Waals surface area (Å²) in [6.45, 7) is 8.37. The highest BCUT2D eigenvalue weighted by molar-refractivity contribution is 7.09. The van der Waals surface area contributed by atoms with Crippen molar-refractivity contribution in [3.05, 3.63) is 94.1 Å². The summed E-state index contributed by atoms with van der Waals surface area (Å²) in [7, 11) is 0. The van der Waals surface area contributed by atoms with Crippen molar-refractivity contribution in [2.75, 3.05) is 26.2 Å². The number of nitrogens with one attached hydrogen (secondary N) is 1. The largest absolute Gasteiger partial charge is 0.387 e. The molecule has 7 nitrogen and oxygen atoms in total. The first kappa shape index (κ1) is 32.2. The smallest absolute Gasteiger partial charge is 0.273 e. The molecule has 1 aliphatic heterocycles. The van der Waals surface area contributed by atoms with Crippen molar-refractivity contribution >= 4 is 29.0 Å². The minimum atomic E-state index is -0.958. The van der Waals surface area contributed by atoms with Gasteiger partial charge >= 0.3 is 0 Å². The van der Waals surface area contributed by atoms with E-state index >= 15 is 0 Å². The minimum absolute atomic E-state index is 0.00880. The molecule has 5 rings (SSSR count). The number of aliphatic imine (C=N–C) groups is 1. The van der Waals surface area contributed by atoms with Crippen LogP contribution in [-0.2, 0) is 21.6 Å². The van der Waals surface area contributed by atoms with Gasteiger partial charge in [-0.05, 0) is 69.1 Å². The Labute approximate surface area is 266 Å². The quantitative estimate of drug-likeness (QED) is 0.197. The Morgan fingerprint density at radius 1 is 1.18 bits per heavy atom. The van der Waals surface area contributed by atoms with E-state index in [1.807, 2.05) is 85.8 Å². The van der Waals surface area contributed by atoms with Crippen molar-refractivity contribution < 1.29 is 14.6 Å². The Balaban J connectivity index is 1.36. The van der Waals surface area contributed by atoms with E-state index in [0.717, 1.165) is 54.9 Å². The van der Waals surface area contributed by atoms with Crippen molar-refractivity contribution in [1.29, 1.82) is 0 Å². The number of aromatic nitrogens is 1. The first-order valence-electron chi connectivity index (χ1n) is 15.9. The third kappa shape index (κ3) is 7.91. The number of aliphatic hydroxyl groups is 1. The maximum atomic E-state index is 14.3. The summed E-state index contributed by atoms with van der Waals surface area (Å²) >= 11 is 1.56. The number of carbonyl (C=O) groups is 1. The van der Waals surface area contributed by atoms with Crippen LogP contribution in [0.25, 0.3) is 5.57 Å². The van der Waals surface area contributed by atoms with Crippen molar-refractivity contribution in [3.8, 4) is 0 Å². The van der Waals surface area contributed by atoms with Gasteiger partial charge in [0.05, 0.1) is 12.2 Å². The summed E-state index contributed by atoms with van der Waals surface area (Å²) in [5.74, 6) is -0.0528. The molecule has 2 N–H and O–H groups in total. The van der Waals surface area contributed by atoms with E-state index in [9.17, 15) is 9.90 Å². The van der Waals surface area contributed by atoms with Gasteiger partial charge in [0.15, 0.2) is 0 Å². The standard InChI is InChI=1S/C36H46N4O3S/c1-27(29-14-8-5-9-15-29)32(33(41)40-22-20-37-25-31(40)24-28-12-6-4-7-13-28)38-19-17-30-16-10-11-18-36(30,42)26-43-35(2,3)34-39-21-23-44-34/h4-9,12-15,19,21,23,30-31,37,42H,10-11,16-18,20,22,24-26H2,1-3H3/b32-27+,38-19-/t30?,31-,36+/m1/s1. The van der Waals surface area contributed by atoms with Gasteiger partial charge in [-0.3, -0.25) is 9.79 Å². The van der Waals surface area contributed by atoms with E-state index in [4.69, 9.17) is 9.73 Å². The molecule has 3 aromatic rings. The van der Waals surface area contributed by atoms with Crippen LogP contribution in [0.3, 0.4) is 0 Å². The monoisotopic (exact) mass is 614 g/mol. The highest BCUT2D eigenvalue weighted by Crippen LogP contribution is 2.38. The molecule has 1 saturated heterocycles. The number of hydrogen-bond donors (Lipinski definition) is 2. The average Bonchev–Trinajstić information content (AvgIpc) is 3.61. The topological polar surface area (TPSA) is 87.0 Å². The number of amides is 1. The Kier molecular flexibility index (Phi) is 10.8. The minimum Gasteiger partial charge on any atom is -0.387 e. The van der Waals surface area contributed by atoms with E-state index in [1.54, 1.807) is 17.5 Å². The lowest BCUT2D eigenvalue weighted by Gasteiger charge is -2.41. The Bertz CT molecular complexity index is 1410. The van der Waals surface area contributed by atoms with Gasteiger partial charge in [-0.2, -0.15) is 0 Å². The number of thiazole rings is 1. The molecule has 2 aliphatic rings. The van der Waals surface area contributed by atoms with Crippen LogP contribution in [0.15, 0.2) is 82.9 Å². The molecule has 1 aromatic heterocycles. The first-order valence-corrected chi connectivity index (χ1v) is 16.8. The fourth-order valence-electron chi connectivity index (χ4n) is 6.35. The lowest BCUT2D eigenvalue weighted by atomic mass is 9.74. The van der Waals surface area contributed by atoms with Crippen LogP contribution in [-0.4, -0.2) is 65.0 Å². The normalized spacial score (nSPS) is 23.5. The van der Waals surface area contributed by atoms with E-state index in [1.165, 1.54) is 5.56 Å². The van der Waals surface area contributed by atoms with Gasteiger partial charge in [-0.25, -0.2) is 4.98 Å². The van der Waals surface area contributed by atoms with Crippen LogP contribution in [0.4, 0.5) is 0 Å². The molecule has 0 bridgehead atoms. The Morgan fingerprint density at radius 2 is 1.93 bits per heavy atom. The van der Waals surface area contributed by atoms with E-state index in [2.05, 4.69) is 22.4 Å². The van der Waals surface area contributed by atoms with Crippen LogP contribution >= 0.6 is 11.3 Å². The highest BCUT2D eigenvalue weighted by Gasteiger charge is 2.41. The number of ether oxygens (including phenoxy) is 1. The summed E-state index contributed by atoms with van der Waals surface area (Å²) in [4.78, 5) is 25.6. The molecule has 44 heavy (non-hydrogen) atoms. The molecule has 0 spiro atoms. The summed E-state index contributed by atoms with van der Waals surface area (Å²) in [5.41, 5.74) is 1.99. The third-order valence-corrected chi connectivity index (χ3v) is 10.2. The molecule has 1 aliphatic carbocycles. The van der Waals surface area contributed by atoms with E-state index in [-0.39, 0.29) is 24.5 Å². The van der Waals surface area contributed by atoms with E-state index < -0.39 is 11.2 Å². The molecule has 1 unspecified atom stereocenters. The van der Waals surface area contributed by atoms with Gasteiger partial charge in [0.1, 0.15) is 16.3 Å². The Hall–Kier alpha value is -3.17. The fourth-order valence-corrected chi connectivity index (χ4v) is 7.07. The molecule has 2 fully saturated rings. The van der Waals surface area contributed by atoms with E-state index in [0.29, 0.717) is 25.1 Å². The van der Waals surface area contributed by atoms with Crippen molar-refractivity contribution in [3.63, 3.8) is 0 Å². The summed E-state index contributed by atoms with van der Waals surface area (Å²) in [6, 6.07) is 20.4. The van der Waals surface area contributed by atoms with Gasteiger partial charge in [-0.1, -0.05) is 73.5 Å². The maximum absolute atomic E-state index is 14.3. The van der Waals surface area contributed by atoms with Crippen molar-refractivity contribution in [2.45, 2.75) is 76.5 Å². The summed E-state index contributed by atoms with van der Waals surface area (Å²) in [6.07, 6.45) is 8.61.